The van der Waals surface area contributed by atoms with Crippen molar-refractivity contribution in [2.24, 2.45) is 0 Å². The molecule has 0 aliphatic rings. The molecule has 0 bridgehead atoms. The second kappa shape index (κ2) is 11.9. The van der Waals surface area contributed by atoms with Crippen LogP contribution in [0.4, 0.5) is 0 Å². The predicted molar refractivity (Wildman–Crippen MR) is 2.75 cm³/mol. The summed E-state index contributed by atoms with van der Waals surface area (Å²) in [5.74, 6) is 0. The summed E-state index contributed by atoms with van der Waals surface area (Å²) in [4.78, 5) is 0. The number of hydrogen-bond acceptors (Lipinski definition) is 6. The van der Waals surface area contributed by atoms with E-state index >= 15 is 0 Å². The quantitative estimate of drug-likeness (QED) is 0.436. The van der Waals surface area contributed by atoms with E-state index in [1.165, 1.54) is 0 Å². The van der Waals surface area contributed by atoms with Crippen LogP contribution in [0.2, 0.25) is 0 Å². The van der Waals surface area contributed by atoms with Crippen molar-refractivity contribution < 1.29 is 74.9 Å². The molecular weight excluding hydrogens is 345 g/mol. The summed E-state index contributed by atoms with van der Waals surface area (Å²) in [5.41, 5.74) is 0. The van der Waals surface area contributed by atoms with Gasteiger partial charge in [0.15, 0.2) is 0 Å². The van der Waals surface area contributed by atoms with Crippen LogP contribution < -0.4 is 7.23 Å². The molecule has 0 saturated heterocycles. The second-order valence-corrected chi connectivity index (χ2v) is 2.65. The molecule has 0 aromatic carbocycles. The van der Waals surface area contributed by atoms with Crippen LogP contribution in [0.15, 0.2) is 0 Å². The summed E-state index contributed by atoms with van der Waals surface area (Å²) in [7, 11) is 0. The van der Waals surface area contributed by atoms with Gasteiger partial charge in [-0.3, -0.25) is 0 Å². The molecule has 0 atom stereocenters. The minimum atomic E-state index is -4.20. The molecular formula is CuNb2O6. The van der Waals surface area contributed by atoms with Crippen molar-refractivity contribution in [1.82, 2.24) is 0 Å². The first-order chi connectivity index (χ1) is 3.46. The molecule has 57 valence electrons. The van der Waals surface area contributed by atoms with Gasteiger partial charge in [-0.05, 0) is 0 Å². The van der Waals surface area contributed by atoms with E-state index in [-0.39, 0.29) is 17.1 Å². The van der Waals surface area contributed by atoms with E-state index < -0.39 is 37.6 Å². The van der Waals surface area contributed by atoms with Gasteiger partial charge in [0.25, 0.3) is 0 Å². The molecule has 9 heavy (non-hydrogen) atoms. The third kappa shape index (κ3) is 369. The summed E-state index contributed by atoms with van der Waals surface area (Å²) >= 11 is -8.40. The van der Waals surface area contributed by atoms with Crippen molar-refractivity contribution in [1.29, 1.82) is 0 Å². The Labute approximate surface area is 74.3 Å². The molecule has 0 spiro atoms. The van der Waals surface area contributed by atoms with Crippen LogP contribution in [0.3, 0.4) is 0 Å². The van der Waals surface area contributed by atoms with E-state index in [1.54, 1.807) is 0 Å². The Kier molecular flexibility index (Phi) is 21.9. The van der Waals surface area contributed by atoms with Crippen LogP contribution in [0, 0.1) is 0 Å². The Morgan fingerprint density at radius 3 is 0.778 bits per heavy atom. The average molecular weight is 345 g/mol. The fraction of sp³-hybridized carbons (Fsp3) is 0. The fourth-order valence-electron chi connectivity index (χ4n) is 0. The summed E-state index contributed by atoms with van der Waals surface area (Å²) in [6.07, 6.45) is 0. The molecule has 0 saturated carbocycles. The predicted octanol–water partition coefficient (Wildman–Crippen LogP) is -2.86. The van der Waals surface area contributed by atoms with E-state index in [9.17, 15) is 0 Å². The Balaban J connectivity index is -0.0000000720. The normalized spacial score (nSPS) is 5.56. The van der Waals surface area contributed by atoms with Gasteiger partial charge in [-0.1, -0.05) is 0 Å². The number of rotatable bonds is 0. The molecule has 1 radical (unpaired) electrons. The van der Waals surface area contributed by atoms with E-state index in [2.05, 4.69) is 0 Å². The summed E-state index contributed by atoms with van der Waals surface area (Å²) in [6, 6.07) is 0. The molecule has 0 aliphatic carbocycles. The Morgan fingerprint density at radius 2 is 0.778 bits per heavy atom. The Morgan fingerprint density at radius 1 is 0.778 bits per heavy atom. The van der Waals surface area contributed by atoms with Crippen LogP contribution in [0.5, 0.6) is 0 Å². The maximum absolute atomic E-state index is 8.60. The third-order valence-corrected chi connectivity index (χ3v) is 0. The minimum absolute atomic E-state index is 0. The first-order valence-corrected chi connectivity index (χ1v) is 6.48. The van der Waals surface area contributed by atoms with Gasteiger partial charge in [-0.15, -0.1) is 0 Å². The standard InChI is InChI=1S/Cu.2Nb.6O/q+2;;;;;;;2*-1. The van der Waals surface area contributed by atoms with Gasteiger partial charge in [-0.25, -0.2) is 0 Å². The monoisotopic (exact) mass is 345 g/mol. The van der Waals surface area contributed by atoms with Crippen molar-refractivity contribution in [3.05, 3.63) is 0 Å². The average Bonchev–Trinajstić information content (AvgIpc) is 1.25. The topological polar surface area (TPSA) is 114 Å². The van der Waals surface area contributed by atoms with Crippen molar-refractivity contribution in [3.8, 4) is 0 Å². The van der Waals surface area contributed by atoms with Gasteiger partial charge in [0, 0.05) is 0 Å². The van der Waals surface area contributed by atoms with Crippen LogP contribution in [-0.4, -0.2) is 0 Å². The van der Waals surface area contributed by atoms with Crippen LogP contribution >= 0.6 is 0 Å². The van der Waals surface area contributed by atoms with E-state index in [0.29, 0.717) is 0 Å². The van der Waals surface area contributed by atoms with Crippen LogP contribution in [-0.2, 0) is 67.6 Å². The molecule has 0 aromatic rings. The zero-order valence-corrected chi connectivity index (χ0v) is 8.98. The molecule has 0 amide bonds. The van der Waals surface area contributed by atoms with Gasteiger partial charge in [-0.2, -0.15) is 0 Å². The van der Waals surface area contributed by atoms with Gasteiger partial charge in [0.1, 0.15) is 0 Å². The second-order valence-electron chi connectivity index (χ2n) is 0.447. The van der Waals surface area contributed by atoms with Gasteiger partial charge < -0.3 is 0 Å². The summed E-state index contributed by atoms with van der Waals surface area (Å²) in [6.45, 7) is 0. The van der Waals surface area contributed by atoms with Gasteiger partial charge in [0.05, 0.1) is 0 Å². The molecule has 0 rings (SSSR count). The SMILES string of the molecule is [Cu+2].[O]=[Nb](=[O])[O-].[O]=[Nb](=[O])[O-]. The molecule has 0 aliphatic heterocycles. The van der Waals surface area contributed by atoms with Gasteiger partial charge >= 0.3 is 74.9 Å². The molecule has 6 nitrogen and oxygen atoms in total. The third-order valence-electron chi connectivity index (χ3n) is 0. The zero-order valence-electron chi connectivity index (χ0n) is 3.65. The van der Waals surface area contributed by atoms with E-state index in [1.807, 2.05) is 0 Å². The molecule has 0 unspecified atom stereocenters. The first kappa shape index (κ1) is 16.6. The Hall–Kier alpha value is 1.12. The van der Waals surface area contributed by atoms with Crippen LogP contribution in [0.1, 0.15) is 0 Å². The van der Waals surface area contributed by atoms with E-state index in [0.717, 1.165) is 0 Å². The van der Waals surface area contributed by atoms with Gasteiger partial charge in [0.2, 0.25) is 0 Å². The molecule has 0 aromatic heterocycles. The molecule has 9 heteroatoms. The molecule has 0 heterocycles. The Bertz CT molecular complexity index is 128. The molecule has 0 N–H and O–H groups in total. The van der Waals surface area contributed by atoms with Crippen LogP contribution in [0.25, 0.3) is 0 Å². The fourth-order valence-corrected chi connectivity index (χ4v) is 0. The van der Waals surface area contributed by atoms with Crippen molar-refractivity contribution >= 4 is 0 Å². The number of hydrogen-bond donors (Lipinski definition) is 0. The summed E-state index contributed by atoms with van der Waals surface area (Å²) in [5, 5.41) is 0. The van der Waals surface area contributed by atoms with Crippen molar-refractivity contribution in [2.75, 3.05) is 0 Å². The molecule has 0 fully saturated rings. The van der Waals surface area contributed by atoms with Crippen molar-refractivity contribution in [3.63, 3.8) is 0 Å². The van der Waals surface area contributed by atoms with Crippen molar-refractivity contribution in [2.45, 2.75) is 0 Å². The zero-order chi connectivity index (χ0) is 7.15. The van der Waals surface area contributed by atoms with E-state index in [4.69, 9.17) is 20.2 Å². The first-order valence-electron chi connectivity index (χ1n) is 1.10. The summed E-state index contributed by atoms with van der Waals surface area (Å²) < 4.78 is 51.6. The maximum atomic E-state index is 8.60.